The van der Waals surface area contributed by atoms with Gasteiger partial charge in [0.1, 0.15) is 0 Å². The first-order chi connectivity index (χ1) is 6.96. The van der Waals surface area contributed by atoms with E-state index in [9.17, 15) is 18.0 Å². The minimum atomic E-state index is -4.75. The van der Waals surface area contributed by atoms with E-state index in [0.29, 0.717) is 25.9 Å². The van der Waals surface area contributed by atoms with E-state index in [0.717, 1.165) is 4.90 Å². The standard InChI is InChI=1S/C9H15F3N2O/c1-2-14(8(15)9(10,11)12)7-3-5-13-6-4-7/h7,13H,2-6H2,1H3. The lowest BCUT2D eigenvalue weighted by Gasteiger charge is -2.34. The van der Waals surface area contributed by atoms with Crippen LogP contribution in [-0.2, 0) is 4.79 Å². The number of carbonyl (C=O) groups excluding carboxylic acids is 1. The maximum Gasteiger partial charge on any atom is 0.471 e. The summed E-state index contributed by atoms with van der Waals surface area (Å²) < 4.78 is 36.7. The minimum Gasteiger partial charge on any atom is -0.332 e. The van der Waals surface area contributed by atoms with E-state index >= 15 is 0 Å². The molecular weight excluding hydrogens is 209 g/mol. The summed E-state index contributed by atoms with van der Waals surface area (Å²) >= 11 is 0. The number of nitrogens with zero attached hydrogens (tertiary/aromatic N) is 1. The molecule has 6 heteroatoms. The first-order valence-corrected chi connectivity index (χ1v) is 5.05. The highest BCUT2D eigenvalue weighted by atomic mass is 19.4. The van der Waals surface area contributed by atoms with Gasteiger partial charge in [0.2, 0.25) is 0 Å². The molecule has 0 aliphatic carbocycles. The molecule has 0 atom stereocenters. The third-order valence-electron chi connectivity index (χ3n) is 2.59. The highest BCUT2D eigenvalue weighted by molar-refractivity contribution is 5.82. The van der Waals surface area contributed by atoms with E-state index in [1.54, 1.807) is 6.92 Å². The van der Waals surface area contributed by atoms with E-state index in [1.165, 1.54) is 0 Å². The van der Waals surface area contributed by atoms with Crippen molar-refractivity contribution in [1.29, 1.82) is 0 Å². The van der Waals surface area contributed by atoms with Crippen LogP contribution < -0.4 is 5.32 Å². The molecule has 1 amide bonds. The van der Waals surface area contributed by atoms with E-state index in [2.05, 4.69) is 5.32 Å². The Hall–Kier alpha value is -0.780. The predicted molar refractivity (Wildman–Crippen MR) is 49.3 cm³/mol. The molecule has 88 valence electrons. The van der Waals surface area contributed by atoms with Crippen LogP contribution in [-0.4, -0.2) is 42.7 Å². The number of carbonyl (C=O) groups is 1. The van der Waals surface area contributed by atoms with Crippen molar-refractivity contribution in [2.45, 2.75) is 32.0 Å². The summed E-state index contributed by atoms with van der Waals surface area (Å²) in [6.07, 6.45) is -3.56. The SMILES string of the molecule is CCN(C(=O)C(F)(F)F)C1CCNCC1. The summed E-state index contributed by atoms with van der Waals surface area (Å²) in [5.74, 6) is -1.71. The predicted octanol–water partition coefficient (Wildman–Crippen LogP) is 1.15. The summed E-state index contributed by atoms with van der Waals surface area (Å²) in [4.78, 5) is 12.0. The fourth-order valence-electron chi connectivity index (χ4n) is 1.85. The zero-order valence-electron chi connectivity index (χ0n) is 8.60. The zero-order valence-corrected chi connectivity index (χ0v) is 8.60. The minimum absolute atomic E-state index is 0.114. The molecule has 1 rings (SSSR count). The normalized spacial score (nSPS) is 18.9. The summed E-state index contributed by atoms with van der Waals surface area (Å²) in [7, 11) is 0. The van der Waals surface area contributed by atoms with Crippen molar-refractivity contribution in [2.75, 3.05) is 19.6 Å². The highest BCUT2D eigenvalue weighted by Crippen LogP contribution is 2.22. The summed E-state index contributed by atoms with van der Waals surface area (Å²) in [6.45, 7) is 3.04. The number of nitrogens with one attached hydrogen (secondary N) is 1. The Morgan fingerprint density at radius 2 is 1.93 bits per heavy atom. The van der Waals surface area contributed by atoms with Gasteiger partial charge in [-0.3, -0.25) is 4.79 Å². The monoisotopic (exact) mass is 224 g/mol. The average Bonchev–Trinajstić information content (AvgIpc) is 2.19. The molecule has 0 saturated carbocycles. The van der Waals surface area contributed by atoms with Gasteiger partial charge in [-0.05, 0) is 32.9 Å². The van der Waals surface area contributed by atoms with E-state index < -0.39 is 12.1 Å². The van der Waals surface area contributed by atoms with Crippen molar-refractivity contribution in [3.8, 4) is 0 Å². The Balaban J connectivity index is 2.65. The second-order valence-corrected chi connectivity index (χ2v) is 3.57. The van der Waals surface area contributed by atoms with Crippen molar-refractivity contribution >= 4 is 5.91 Å². The van der Waals surface area contributed by atoms with Gasteiger partial charge in [-0.1, -0.05) is 0 Å². The third kappa shape index (κ3) is 3.09. The molecule has 15 heavy (non-hydrogen) atoms. The van der Waals surface area contributed by atoms with Gasteiger partial charge in [0.15, 0.2) is 0 Å². The third-order valence-corrected chi connectivity index (χ3v) is 2.59. The Kier molecular flexibility index (Phi) is 3.96. The molecule has 0 unspecified atom stereocenters. The first-order valence-electron chi connectivity index (χ1n) is 5.05. The van der Waals surface area contributed by atoms with Crippen LogP contribution in [0.25, 0.3) is 0 Å². The van der Waals surface area contributed by atoms with Crippen molar-refractivity contribution in [3.05, 3.63) is 0 Å². The van der Waals surface area contributed by atoms with Crippen LogP contribution in [0.2, 0.25) is 0 Å². The molecule has 0 aromatic carbocycles. The van der Waals surface area contributed by atoms with E-state index in [1.807, 2.05) is 0 Å². The molecular formula is C9H15F3N2O. The lowest BCUT2D eigenvalue weighted by Crippen LogP contribution is -2.50. The Labute approximate surface area is 86.6 Å². The maximum atomic E-state index is 12.2. The van der Waals surface area contributed by atoms with E-state index in [4.69, 9.17) is 0 Å². The number of halogens is 3. The lowest BCUT2D eigenvalue weighted by atomic mass is 10.0. The molecule has 1 heterocycles. The molecule has 0 aromatic rings. The number of hydrogen-bond donors (Lipinski definition) is 1. The largest absolute Gasteiger partial charge is 0.471 e. The van der Waals surface area contributed by atoms with Gasteiger partial charge >= 0.3 is 12.1 Å². The van der Waals surface area contributed by atoms with Gasteiger partial charge in [-0.15, -0.1) is 0 Å². The zero-order chi connectivity index (χ0) is 11.5. The molecule has 1 saturated heterocycles. The average molecular weight is 224 g/mol. The number of rotatable bonds is 2. The molecule has 1 aliphatic rings. The van der Waals surface area contributed by atoms with Gasteiger partial charge in [0.05, 0.1) is 0 Å². The van der Waals surface area contributed by atoms with Crippen LogP contribution in [0, 0.1) is 0 Å². The second-order valence-electron chi connectivity index (χ2n) is 3.57. The van der Waals surface area contributed by atoms with Gasteiger partial charge in [0, 0.05) is 12.6 Å². The molecule has 1 aliphatic heterocycles. The van der Waals surface area contributed by atoms with Gasteiger partial charge < -0.3 is 10.2 Å². The van der Waals surface area contributed by atoms with Gasteiger partial charge in [0.25, 0.3) is 0 Å². The lowest BCUT2D eigenvalue weighted by molar-refractivity contribution is -0.188. The summed E-state index contributed by atoms with van der Waals surface area (Å²) in [5.41, 5.74) is 0. The molecule has 0 radical (unpaired) electrons. The molecule has 1 fully saturated rings. The summed E-state index contributed by atoms with van der Waals surface area (Å²) in [6, 6.07) is -0.273. The molecule has 0 spiro atoms. The number of alkyl halides is 3. The quantitative estimate of drug-likeness (QED) is 0.763. The van der Waals surface area contributed by atoms with Crippen LogP contribution in [0.5, 0.6) is 0 Å². The van der Waals surface area contributed by atoms with Crippen molar-refractivity contribution in [2.24, 2.45) is 0 Å². The van der Waals surface area contributed by atoms with Crippen LogP contribution in [0.3, 0.4) is 0 Å². The Bertz CT molecular complexity index is 224. The Morgan fingerprint density at radius 1 is 1.40 bits per heavy atom. The van der Waals surface area contributed by atoms with Crippen LogP contribution in [0.4, 0.5) is 13.2 Å². The topological polar surface area (TPSA) is 32.3 Å². The first kappa shape index (κ1) is 12.3. The smallest absolute Gasteiger partial charge is 0.332 e. The highest BCUT2D eigenvalue weighted by Gasteiger charge is 2.44. The molecule has 0 bridgehead atoms. The summed E-state index contributed by atoms with van der Waals surface area (Å²) in [5, 5.41) is 3.05. The number of piperidine rings is 1. The van der Waals surface area contributed by atoms with Crippen molar-refractivity contribution in [3.63, 3.8) is 0 Å². The van der Waals surface area contributed by atoms with Crippen LogP contribution in [0.1, 0.15) is 19.8 Å². The second kappa shape index (κ2) is 4.83. The fourth-order valence-corrected chi connectivity index (χ4v) is 1.85. The van der Waals surface area contributed by atoms with Crippen LogP contribution in [0.15, 0.2) is 0 Å². The molecule has 1 N–H and O–H groups in total. The van der Waals surface area contributed by atoms with Crippen molar-refractivity contribution in [1.82, 2.24) is 10.2 Å². The number of hydrogen-bond acceptors (Lipinski definition) is 2. The molecule has 0 aromatic heterocycles. The molecule has 3 nitrogen and oxygen atoms in total. The van der Waals surface area contributed by atoms with Crippen molar-refractivity contribution < 1.29 is 18.0 Å². The fraction of sp³-hybridized carbons (Fsp3) is 0.889. The van der Waals surface area contributed by atoms with Gasteiger partial charge in [-0.2, -0.15) is 13.2 Å². The Morgan fingerprint density at radius 3 is 2.33 bits per heavy atom. The maximum absolute atomic E-state index is 12.2. The number of amides is 1. The van der Waals surface area contributed by atoms with Gasteiger partial charge in [-0.25, -0.2) is 0 Å². The van der Waals surface area contributed by atoms with Crippen LogP contribution >= 0.6 is 0 Å². The van der Waals surface area contributed by atoms with E-state index in [-0.39, 0.29) is 12.6 Å².